The van der Waals surface area contributed by atoms with Crippen molar-refractivity contribution in [2.45, 2.75) is 11.4 Å². The zero-order valence-corrected chi connectivity index (χ0v) is 19.2. The van der Waals surface area contributed by atoms with Crippen LogP contribution in [0.15, 0.2) is 64.4 Å². The maximum absolute atomic E-state index is 13.3. The molecule has 4 rings (SSSR count). The summed E-state index contributed by atoms with van der Waals surface area (Å²) in [5, 5.41) is 27.3. The highest BCUT2D eigenvalue weighted by Crippen LogP contribution is 2.38. The predicted octanol–water partition coefficient (Wildman–Crippen LogP) is 2.45. The first-order valence-electron chi connectivity index (χ1n) is 9.66. The van der Waals surface area contributed by atoms with Gasteiger partial charge in [-0.1, -0.05) is 23.7 Å². The lowest BCUT2D eigenvalue weighted by atomic mass is 10.1. The number of rotatable bonds is 6. The lowest BCUT2D eigenvalue weighted by Crippen LogP contribution is -2.27. The van der Waals surface area contributed by atoms with Gasteiger partial charge in [-0.3, -0.25) is 0 Å². The maximum atomic E-state index is 13.3. The van der Waals surface area contributed by atoms with E-state index in [4.69, 9.17) is 11.6 Å². The molecule has 0 aliphatic rings. The summed E-state index contributed by atoms with van der Waals surface area (Å²) in [7, 11) is -1.01. The Hall–Kier alpha value is -3.54. The number of sulfonamides is 1. The maximum Gasteiger partial charge on any atom is 0.348 e. The SMILES string of the molecule is CN(Cc1cccn1C)S(=O)(=O)c1cc(-c2n[nH]c(=O)n2-c2ccccc2Cl)c(O)cc1O. The van der Waals surface area contributed by atoms with Gasteiger partial charge in [0.05, 0.1) is 22.8 Å². The summed E-state index contributed by atoms with van der Waals surface area (Å²) >= 11 is 6.23. The molecule has 10 nitrogen and oxygen atoms in total. The van der Waals surface area contributed by atoms with Gasteiger partial charge in [0.25, 0.3) is 0 Å². The van der Waals surface area contributed by atoms with Gasteiger partial charge in [-0.05, 0) is 30.3 Å². The first-order chi connectivity index (χ1) is 15.6. The van der Waals surface area contributed by atoms with Crippen LogP contribution >= 0.6 is 11.6 Å². The van der Waals surface area contributed by atoms with Crippen LogP contribution in [0.3, 0.4) is 0 Å². The zero-order valence-electron chi connectivity index (χ0n) is 17.6. The number of H-pyrrole nitrogens is 1. The highest BCUT2D eigenvalue weighted by molar-refractivity contribution is 7.89. The number of hydrogen-bond acceptors (Lipinski definition) is 6. The van der Waals surface area contributed by atoms with Crippen molar-refractivity contribution in [2.24, 2.45) is 7.05 Å². The number of aromatic hydroxyl groups is 2. The summed E-state index contributed by atoms with van der Waals surface area (Å²) < 4.78 is 30.5. The molecule has 172 valence electrons. The largest absolute Gasteiger partial charge is 0.507 e. The van der Waals surface area contributed by atoms with Crippen LogP contribution in [0, 0.1) is 0 Å². The van der Waals surface area contributed by atoms with E-state index in [0.29, 0.717) is 0 Å². The Balaban J connectivity index is 1.84. The van der Waals surface area contributed by atoms with E-state index in [9.17, 15) is 23.4 Å². The second-order valence-corrected chi connectivity index (χ2v) is 9.77. The number of phenolic OH excluding ortho intramolecular Hbond substituents is 2. The van der Waals surface area contributed by atoms with E-state index in [1.165, 1.54) is 7.05 Å². The number of nitrogens with zero attached hydrogens (tertiary/aromatic N) is 4. The predicted molar refractivity (Wildman–Crippen MR) is 122 cm³/mol. The molecule has 12 heteroatoms. The fourth-order valence-electron chi connectivity index (χ4n) is 3.42. The summed E-state index contributed by atoms with van der Waals surface area (Å²) in [6.45, 7) is 0.0498. The van der Waals surface area contributed by atoms with Crippen molar-refractivity contribution in [1.82, 2.24) is 23.6 Å². The number of hydrogen-bond donors (Lipinski definition) is 3. The van der Waals surface area contributed by atoms with Crippen molar-refractivity contribution in [3.05, 3.63) is 75.9 Å². The van der Waals surface area contributed by atoms with Gasteiger partial charge in [0.15, 0.2) is 5.82 Å². The lowest BCUT2D eigenvalue weighted by Gasteiger charge is -2.19. The first kappa shape index (κ1) is 22.6. The van der Waals surface area contributed by atoms with Gasteiger partial charge in [0, 0.05) is 32.1 Å². The minimum atomic E-state index is -4.18. The Kier molecular flexibility index (Phi) is 5.78. The monoisotopic (exact) mass is 489 g/mol. The molecule has 0 aliphatic carbocycles. The highest BCUT2D eigenvalue weighted by Gasteiger charge is 2.28. The first-order valence-corrected chi connectivity index (χ1v) is 11.5. The van der Waals surface area contributed by atoms with Gasteiger partial charge in [0.1, 0.15) is 16.4 Å². The number of aryl methyl sites for hydroxylation is 1. The van der Waals surface area contributed by atoms with Gasteiger partial charge >= 0.3 is 5.69 Å². The number of benzene rings is 2. The topological polar surface area (TPSA) is 133 Å². The number of aromatic nitrogens is 4. The number of phenols is 2. The molecular weight excluding hydrogens is 470 g/mol. The van der Waals surface area contributed by atoms with Crippen LogP contribution in [0.25, 0.3) is 17.1 Å². The molecule has 33 heavy (non-hydrogen) atoms. The average Bonchev–Trinajstić information content (AvgIpc) is 3.33. The van der Waals surface area contributed by atoms with Crippen LogP contribution < -0.4 is 5.69 Å². The Bertz CT molecular complexity index is 1510. The molecule has 0 spiro atoms. The van der Waals surface area contributed by atoms with Crippen molar-refractivity contribution >= 4 is 21.6 Å². The molecule has 0 radical (unpaired) electrons. The van der Waals surface area contributed by atoms with Crippen molar-refractivity contribution in [3.63, 3.8) is 0 Å². The molecule has 0 unspecified atom stereocenters. The van der Waals surface area contributed by atoms with Gasteiger partial charge in [-0.25, -0.2) is 22.9 Å². The smallest absolute Gasteiger partial charge is 0.348 e. The van der Waals surface area contributed by atoms with Crippen LogP contribution in [-0.2, 0) is 23.6 Å². The molecule has 0 atom stereocenters. The number of nitrogens with one attached hydrogen (secondary N) is 1. The van der Waals surface area contributed by atoms with E-state index < -0.39 is 32.1 Å². The third kappa shape index (κ3) is 4.01. The van der Waals surface area contributed by atoms with Gasteiger partial charge in [-0.15, -0.1) is 0 Å². The van der Waals surface area contributed by atoms with Gasteiger partial charge in [0.2, 0.25) is 10.0 Å². The van der Waals surface area contributed by atoms with Crippen LogP contribution in [0.4, 0.5) is 0 Å². The van der Waals surface area contributed by atoms with Gasteiger partial charge in [-0.2, -0.15) is 9.40 Å². The minimum Gasteiger partial charge on any atom is -0.507 e. The summed E-state index contributed by atoms with van der Waals surface area (Å²) in [6.07, 6.45) is 1.79. The fourth-order valence-corrected chi connectivity index (χ4v) is 4.87. The summed E-state index contributed by atoms with van der Waals surface area (Å²) in [5.41, 5.74) is 0.290. The van der Waals surface area contributed by atoms with E-state index in [1.54, 1.807) is 54.2 Å². The molecule has 0 saturated carbocycles. The fraction of sp³-hybridized carbons (Fsp3) is 0.143. The van der Waals surface area contributed by atoms with Crippen LogP contribution in [0.5, 0.6) is 11.5 Å². The quantitative estimate of drug-likeness (QED) is 0.381. The van der Waals surface area contributed by atoms with E-state index in [-0.39, 0.29) is 28.6 Å². The second kappa shape index (κ2) is 8.43. The highest BCUT2D eigenvalue weighted by atomic mass is 35.5. The minimum absolute atomic E-state index is 0.0498. The normalized spacial score (nSPS) is 11.9. The standard InChI is InChI=1S/C21H20ClN5O5S/c1-25-9-5-6-13(25)12-26(2)33(31,32)19-10-14(17(28)11-18(19)29)20-23-24-21(30)27(20)16-8-4-3-7-15(16)22/h3-11,28-29H,12H2,1-2H3,(H,24,30). The zero-order chi connectivity index (χ0) is 23.9. The molecule has 2 aromatic carbocycles. The van der Waals surface area contributed by atoms with Crippen LogP contribution in [0.1, 0.15) is 5.69 Å². The lowest BCUT2D eigenvalue weighted by molar-refractivity contribution is 0.427. The average molecular weight is 490 g/mol. The summed E-state index contributed by atoms with van der Waals surface area (Å²) in [5.74, 6) is -1.19. The number of aromatic amines is 1. The number of para-hydroxylation sites is 1. The molecule has 2 heterocycles. The van der Waals surface area contributed by atoms with Crippen LogP contribution in [0.2, 0.25) is 5.02 Å². The molecule has 3 N–H and O–H groups in total. The summed E-state index contributed by atoms with van der Waals surface area (Å²) in [4.78, 5) is 12.0. The van der Waals surface area contributed by atoms with Crippen molar-refractivity contribution in [1.29, 1.82) is 0 Å². The van der Waals surface area contributed by atoms with E-state index in [2.05, 4.69) is 10.2 Å². The molecule has 0 saturated heterocycles. The Morgan fingerprint density at radius 3 is 2.52 bits per heavy atom. The van der Waals surface area contributed by atoms with Crippen molar-refractivity contribution < 1.29 is 18.6 Å². The number of halogens is 1. The Labute approximate surface area is 194 Å². The molecule has 2 aromatic heterocycles. The van der Waals surface area contributed by atoms with Gasteiger partial charge < -0.3 is 14.8 Å². The Morgan fingerprint density at radius 1 is 1.12 bits per heavy atom. The third-order valence-electron chi connectivity index (χ3n) is 5.21. The van der Waals surface area contributed by atoms with Crippen molar-refractivity contribution in [3.8, 4) is 28.6 Å². The molecule has 0 aliphatic heterocycles. The Morgan fingerprint density at radius 2 is 1.85 bits per heavy atom. The molecule has 0 bridgehead atoms. The van der Waals surface area contributed by atoms with E-state index in [1.807, 2.05) is 0 Å². The van der Waals surface area contributed by atoms with E-state index in [0.717, 1.165) is 26.7 Å². The molecule has 4 aromatic rings. The van der Waals surface area contributed by atoms with Crippen LogP contribution in [-0.4, -0.2) is 49.3 Å². The van der Waals surface area contributed by atoms with Crippen molar-refractivity contribution in [2.75, 3.05) is 7.05 Å². The summed E-state index contributed by atoms with van der Waals surface area (Å²) in [6, 6.07) is 12.0. The molecule has 0 amide bonds. The molecule has 0 fully saturated rings. The third-order valence-corrected chi connectivity index (χ3v) is 7.36. The van der Waals surface area contributed by atoms with E-state index >= 15 is 0 Å². The second-order valence-electron chi connectivity index (χ2n) is 7.35. The molecular formula is C21H20ClN5O5S.